The molecule has 0 aliphatic carbocycles. The summed E-state index contributed by atoms with van der Waals surface area (Å²) in [5.41, 5.74) is 1.36. The fourth-order valence-electron chi connectivity index (χ4n) is 3.12. The third-order valence-electron chi connectivity index (χ3n) is 4.86. The van der Waals surface area contributed by atoms with Crippen molar-refractivity contribution in [1.82, 2.24) is 9.80 Å². The minimum absolute atomic E-state index is 0.192. The molecule has 1 aliphatic heterocycles. The van der Waals surface area contributed by atoms with Gasteiger partial charge in [0.1, 0.15) is 0 Å². The molecule has 1 fully saturated rings. The van der Waals surface area contributed by atoms with Crippen LogP contribution in [0.2, 0.25) is 0 Å². The van der Waals surface area contributed by atoms with E-state index in [9.17, 15) is 14.4 Å². The van der Waals surface area contributed by atoms with Gasteiger partial charge in [-0.25, -0.2) is 4.79 Å². The van der Waals surface area contributed by atoms with Crippen molar-refractivity contribution in [2.75, 3.05) is 45.2 Å². The molecule has 3 rings (SSSR count). The Bertz CT molecular complexity index is 853. The first-order valence-electron chi connectivity index (χ1n) is 9.46. The van der Waals surface area contributed by atoms with Crippen molar-refractivity contribution in [3.05, 3.63) is 54.0 Å². The Morgan fingerprint density at radius 3 is 2.17 bits per heavy atom. The van der Waals surface area contributed by atoms with Crippen LogP contribution in [-0.4, -0.2) is 74.0 Å². The van der Waals surface area contributed by atoms with Crippen molar-refractivity contribution in [2.24, 2.45) is 0 Å². The average molecular weight is 399 g/mol. The van der Waals surface area contributed by atoms with Crippen molar-refractivity contribution >= 4 is 23.5 Å². The number of hydrogen-bond acceptors (Lipinski definition) is 6. The molecule has 0 spiro atoms. The molecule has 0 saturated carbocycles. The lowest BCUT2D eigenvalue weighted by Crippen LogP contribution is -2.53. The lowest BCUT2D eigenvalue weighted by Gasteiger charge is -2.35. The van der Waals surface area contributed by atoms with Gasteiger partial charge in [0.05, 0.1) is 11.8 Å². The molecule has 29 heavy (non-hydrogen) atoms. The Kier molecular flexibility index (Phi) is 6.21. The van der Waals surface area contributed by atoms with Crippen molar-refractivity contribution in [1.29, 1.82) is 0 Å². The maximum atomic E-state index is 12.6. The number of nitrogens with zero attached hydrogens (tertiary/aromatic N) is 3. The average Bonchev–Trinajstić information content (AvgIpc) is 3.27. The molecular weight excluding hydrogens is 374 g/mol. The number of anilines is 1. The van der Waals surface area contributed by atoms with E-state index in [0.717, 1.165) is 5.69 Å². The SMILES string of the molecule is CC(OC(=O)c1ccc(N(C)C)cc1)C(=O)N1CCN(C(=O)c2ccco2)CC1. The van der Waals surface area contributed by atoms with Crippen LogP contribution in [0.3, 0.4) is 0 Å². The number of hydrogen-bond donors (Lipinski definition) is 0. The van der Waals surface area contributed by atoms with E-state index in [4.69, 9.17) is 9.15 Å². The van der Waals surface area contributed by atoms with Crippen LogP contribution in [0.25, 0.3) is 0 Å². The molecule has 1 aromatic heterocycles. The Hall–Kier alpha value is -3.29. The number of carbonyl (C=O) groups excluding carboxylic acids is 3. The van der Waals surface area contributed by atoms with Gasteiger partial charge in [0.25, 0.3) is 11.8 Å². The molecule has 2 amide bonds. The first-order chi connectivity index (χ1) is 13.9. The van der Waals surface area contributed by atoms with Gasteiger partial charge in [-0.15, -0.1) is 0 Å². The maximum Gasteiger partial charge on any atom is 0.338 e. The minimum Gasteiger partial charge on any atom is -0.459 e. The number of piperazine rings is 1. The van der Waals surface area contributed by atoms with E-state index in [0.29, 0.717) is 31.7 Å². The normalized spacial score (nSPS) is 15.0. The van der Waals surface area contributed by atoms with Crippen molar-refractivity contribution in [2.45, 2.75) is 13.0 Å². The molecular formula is C21H25N3O5. The highest BCUT2D eigenvalue weighted by Crippen LogP contribution is 2.15. The van der Waals surface area contributed by atoms with E-state index < -0.39 is 12.1 Å². The van der Waals surface area contributed by atoms with Gasteiger partial charge < -0.3 is 23.9 Å². The van der Waals surface area contributed by atoms with Gasteiger partial charge in [0.15, 0.2) is 11.9 Å². The third kappa shape index (κ3) is 4.77. The molecule has 1 unspecified atom stereocenters. The molecule has 2 aromatic rings. The molecule has 1 aliphatic rings. The van der Waals surface area contributed by atoms with Gasteiger partial charge in [-0.2, -0.15) is 0 Å². The third-order valence-corrected chi connectivity index (χ3v) is 4.86. The summed E-state index contributed by atoms with van der Waals surface area (Å²) in [4.78, 5) is 42.4. The highest BCUT2D eigenvalue weighted by Gasteiger charge is 2.29. The number of esters is 1. The summed E-state index contributed by atoms with van der Waals surface area (Å²) in [5, 5.41) is 0. The van der Waals surface area contributed by atoms with E-state index in [2.05, 4.69) is 0 Å². The summed E-state index contributed by atoms with van der Waals surface area (Å²) in [5.74, 6) is -0.716. The van der Waals surface area contributed by atoms with Crippen molar-refractivity contribution in [3.63, 3.8) is 0 Å². The lowest BCUT2D eigenvalue weighted by atomic mass is 10.2. The fourth-order valence-corrected chi connectivity index (χ4v) is 3.12. The highest BCUT2D eigenvalue weighted by molar-refractivity contribution is 5.93. The summed E-state index contributed by atoms with van der Waals surface area (Å²) in [6.07, 6.45) is 0.556. The lowest BCUT2D eigenvalue weighted by molar-refractivity contribution is -0.141. The number of carbonyl (C=O) groups is 3. The Morgan fingerprint density at radius 2 is 1.62 bits per heavy atom. The second-order valence-corrected chi connectivity index (χ2v) is 7.08. The number of benzene rings is 1. The molecule has 8 heteroatoms. The summed E-state index contributed by atoms with van der Waals surface area (Å²) < 4.78 is 10.5. The fraction of sp³-hybridized carbons (Fsp3) is 0.381. The van der Waals surface area contributed by atoms with Crippen LogP contribution in [0.1, 0.15) is 27.8 Å². The Balaban J connectivity index is 1.51. The maximum absolute atomic E-state index is 12.6. The molecule has 1 aromatic carbocycles. The first kappa shape index (κ1) is 20.4. The predicted octanol–water partition coefficient (Wildman–Crippen LogP) is 1.88. The van der Waals surface area contributed by atoms with Gasteiger partial charge in [0, 0.05) is 46.0 Å². The minimum atomic E-state index is -0.900. The second-order valence-electron chi connectivity index (χ2n) is 7.08. The molecule has 1 saturated heterocycles. The van der Waals surface area contributed by atoms with Gasteiger partial charge in [0.2, 0.25) is 0 Å². The number of amides is 2. The molecule has 0 N–H and O–H groups in total. The van der Waals surface area contributed by atoms with E-state index in [1.54, 1.807) is 41.0 Å². The standard InChI is InChI=1S/C21H25N3O5/c1-15(29-21(27)16-6-8-17(9-7-16)22(2)3)19(25)23-10-12-24(13-11-23)20(26)18-5-4-14-28-18/h4-9,14-15H,10-13H2,1-3H3. The van der Waals surface area contributed by atoms with Gasteiger partial charge >= 0.3 is 5.97 Å². The van der Waals surface area contributed by atoms with Crippen LogP contribution in [0, 0.1) is 0 Å². The highest BCUT2D eigenvalue weighted by atomic mass is 16.5. The topological polar surface area (TPSA) is 83.3 Å². The number of rotatable bonds is 5. The summed E-state index contributed by atoms with van der Waals surface area (Å²) in [7, 11) is 3.83. The summed E-state index contributed by atoms with van der Waals surface area (Å²) in [6, 6.07) is 10.3. The smallest absolute Gasteiger partial charge is 0.338 e. The first-order valence-corrected chi connectivity index (χ1v) is 9.46. The molecule has 8 nitrogen and oxygen atoms in total. The van der Waals surface area contributed by atoms with Crippen LogP contribution in [0.15, 0.2) is 47.1 Å². The quantitative estimate of drug-likeness (QED) is 0.714. The van der Waals surface area contributed by atoms with Gasteiger partial charge in [-0.3, -0.25) is 9.59 Å². The van der Waals surface area contributed by atoms with Gasteiger partial charge in [-0.1, -0.05) is 0 Å². The van der Waals surface area contributed by atoms with Crippen LogP contribution in [0.5, 0.6) is 0 Å². The molecule has 0 radical (unpaired) electrons. The zero-order valence-corrected chi connectivity index (χ0v) is 16.8. The van der Waals surface area contributed by atoms with Crippen LogP contribution < -0.4 is 4.90 Å². The van der Waals surface area contributed by atoms with Crippen LogP contribution >= 0.6 is 0 Å². The van der Waals surface area contributed by atoms with Crippen molar-refractivity contribution < 1.29 is 23.5 Å². The molecule has 2 heterocycles. The Morgan fingerprint density at radius 1 is 1.00 bits per heavy atom. The van der Waals surface area contributed by atoms with E-state index in [-0.39, 0.29) is 17.6 Å². The summed E-state index contributed by atoms with van der Waals surface area (Å²) >= 11 is 0. The van der Waals surface area contributed by atoms with Gasteiger partial charge in [-0.05, 0) is 43.3 Å². The van der Waals surface area contributed by atoms with Crippen molar-refractivity contribution in [3.8, 4) is 0 Å². The van der Waals surface area contributed by atoms with E-state index >= 15 is 0 Å². The predicted molar refractivity (Wildman–Crippen MR) is 107 cm³/mol. The molecule has 0 bridgehead atoms. The number of ether oxygens (including phenoxy) is 1. The van der Waals surface area contributed by atoms with Crippen LogP contribution in [-0.2, 0) is 9.53 Å². The van der Waals surface area contributed by atoms with E-state index in [1.807, 2.05) is 31.1 Å². The largest absolute Gasteiger partial charge is 0.459 e. The summed E-state index contributed by atoms with van der Waals surface area (Å²) in [6.45, 7) is 3.13. The zero-order valence-electron chi connectivity index (χ0n) is 16.8. The van der Waals surface area contributed by atoms with Crippen LogP contribution in [0.4, 0.5) is 5.69 Å². The second kappa shape index (κ2) is 8.81. The zero-order chi connectivity index (χ0) is 21.0. The number of furan rings is 1. The molecule has 154 valence electrons. The Labute approximate surface area is 169 Å². The molecule has 1 atom stereocenters. The monoisotopic (exact) mass is 399 g/mol. The van der Waals surface area contributed by atoms with E-state index in [1.165, 1.54) is 6.26 Å².